The highest BCUT2D eigenvalue weighted by molar-refractivity contribution is 7.99. The van der Waals surface area contributed by atoms with E-state index in [2.05, 4.69) is 34.3 Å². The molecule has 0 radical (unpaired) electrons. The summed E-state index contributed by atoms with van der Waals surface area (Å²) in [5.41, 5.74) is 4.68. The SMILES string of the molecule is Cc1ccc(-c2cc(C)nc(SCC(=O)Nc3ccc(Cl)cc3)n2)cc1. The first-order valence-corrected chi connectivity index (χ1v) is 9.47. The van der Waals surface area contributed by atoms with E-state index in [9.17, 15) is 4.79 Å². The minimum absolute atomic E-state index is 0.112. The number of anilines is 1. The molecule has 0 fully saturated rings. The Hall–Kier alpha value is -2.37. The minimum atomic E-state index is -0.112. The predicted molar refractivity (Wildman–Crippen MR) is 108 cm³/mol. The van der Waals surface area contributed by atoms with Gasteiger partial charge in [-0.1, -0.05) is 53.2 Å². The highest BCUT2D eigenvalue weighted by Gasteiger charge is 2.09. The van der Waals surface area contributed by atoms with Crippen LogP contribution in [0.15, 0.2) is 59.8 Å². The molecule has 0 bridgehead atoms. The normalized spacial score (nSPS) is 10.6. The van der Waals surface area contributed by atoms with Crippen LogP contribution in [0, 0.1) is 13.8 Å². The van der Waals surface area contributed by atoms with E-state index < -0.39 is 0 Å². The van der Waals surface area contributed by atoms with Crippen LogP contribution in [0.2, 0.25) is 5.02 Å². The third-order valence-electron chi connectivity index (χ3n) is 3.64. The van der Waals surface area contributed by atoms with Crippen molar-refractivity contribution in [2.75, 3.05) is 11.1 Å². The van der Waals surface area contributed by atoms with Gasteiger partial charge in [-0.05, 0) is 44.2 Å². The smallest absolute Gasteiger partial charge is 0.234 e. The fraction of sp³-hybridized carbons (Fsp3) is 0.150. The maximum absolute atomic E-state index is 12.1. The van der Waals surface area contributed by atoms with Crippen molar-refractivity contribution in [2.24, 2.45) is 0 Å². The quantitative estimate of drug-likeness (QED) is 0.489. The molecule has 26 heavy (non-hydrogen) atoms. The number of benzene rings is 2. The van der Waals surface area contributed by atoms with Crippen molar-refractivity contribution >= 4 is 35.0 Å². The molecule has 0 aliphatic heterocycles. The second-order valence-corrected chi connectivity index (χ2v) is 7.27. The lowest BCUT2D eigenvalue weighted by Crippen LogP contribution is -2.14. The highest BCUT2D eigenvalue weighted by atomic mass is 35.5. The first-order valence-electron chi connectivity index (χ1n) is 8.10. The molecule has 0 spiro atoms. The molecule has 0 unspecified atom stereocenters. The molecule has 1 heterocycles. The number of carbonyl (C=O) groups is 1. The third-order valence-corrected chi connectivity index (χ3v) is 4.74. The van der Waals surface area contributed by atoms with Gasteiger partial charge in [0.1, 0.15) is 0 Å². The van der Waals surface area contributed by atoms with E-state index in [1.54, 1.807) is 24.3 Å². The van der Waals surface area contributed by atoms with E-state index in [0.717, 1.165) is 17.0 Å². The van der Waals surface area contributed by atoms with Gasteiger partial charge < -0.3 is 5.32 Å². The molecule has 3 aromatic rings. The van der Waals surface area contributed by atoms with Crippen LogP contribution in [-0.4, -0.2) is 21.6 Å². The lowest BCUT2D eigenvalue weighted by atomic mass is 10.1. The van der Waals surface area contributed by atoms with Crippen molar-refractivity contribution in [3.63, 3.8) is 0 Å². The van der Waals surface area contributed by atoms with E-state index in [0.29, 0.717) is 15.9 Å². The average molecular weight is 384 g/mol. The van der Waals surface area contributed by atoms with Crippen molar-refractivity contribution in [1.82, 2.24) is 9.97 Å². The monoisotopic (exact) mass is 383 g/mol. The van der Waals surface area contributed by atoms with Crippen molar-refractivity contribution < 1.29 is 4.79 Å². The molecule has 0 aliphatic rings. The van der Waals surface area contributed by atoms with Crippen molar-refractivity contribution in [3.05, 3.63) is 70.9 Å². The maximum Gasteiger partial charge on any atom is 0.234 e. The topological polar surface area (TPSA) is 54.9 Å². The predicted octanol–water partition coefficient (Wildman–Crippen LogP) is 5.14. The third kappa shape index (κ3) is 5.07. The zero-order chi connectivity index (χ0) is 18.5. The number of hydrogen-bond acceptors (Lipinski definition) is 4. The Morgan fingerprint density at radius 1 is 1.04 bits per heavy atom. The van der Waals surface area contributed by atoms with Crippen molar-refractivity contribution in [1.29, 1.82) is 0 Å². The van der Waals surface area contributed by atoms with Gasteiger partial charge in [-0.3, -0.25) is 4.79 Å². The summed E-state index contributed by atoms with van der Waals surface area (Å²) in [6, 6.07) is 17.1. The molecule has 1 aromatic heterocycles. The summed E-state index contributed by atoms with van der Waals surface area (Å²) in [5.74, 6) is 0.124. The second kappa shape index (κ2) is 8.34. The molecular formula is C20H18ClN3OS. The largest absolute Gasteiger partial charge is 0.325 e. The fourth-order valence-corrected chi connectivity index (χ4v) is 3.17. The molecule has 1 N–H and O–H groups in total. The molecule has 1 amide bonds. The number of hydrogen-bond donors (Lipinski definition) is 1. The summed E-state index contributed by atoms with van der Waals surface area (Å²) in [4.78, 5) is 21.1. The summed E-state index contributed by atoms with van der Waals surface area (Å²) in [6.07, 6.45) is 0. The molecule has 132 valence electrons. The first-order chi connectivity index (χ1) is 12.5. The maximum atomic E-state index is 12.1. The summed E-state index contributed by atoms with van der Waals surface area (Å²) in [6.45, 7) is 3.98. The van der Waals surface area contributed by atoms with Gasteiger partial charge in [0.05, 0.1) is 11.4 Å². The number of nitrogens with zero attached hydrogens (tertiary/aromatic N) is 2. The van der Waals surface area contributed by atoms with Crippen molar-refractivity contribution in [2.45, 2.75) is 19.0 Å². The molecule has 3 rings (SSSR count). The number of halogens is 1. The number of aryl methyl sites for hydroxylation is 2. The summed E-state index contributed by atoms with van der Waals surface area (Å²) in [5, 5.41) is 4.06. The second-order valence-electron chi connectivity index (χ2n) is 5.89. The van der Waals surface area contributed by atoms with E-state index >= 15 is 0 Å². The van der Waals surface area contributed by atoms with Gasteiger partial charge in [-0.25, -0.2) is 9.97 Å². The Kier molecular flexibility index (Phi) is 5.91. The van der Waals surface area contributed by atoms with Crippen LogP contribution in [0.3, 0.4) is 0 Å². The van der Waals surface area contributed by atoms with Crippen LogP contribution in [-0.2, 0) is 4.79 Å². The molecule has 2 aromatic carbocycles. The Bertz CT molecular complexity index is 911. The van der Waals surface area contributed by atoms with Gasteiger partial charge in [-0.15, -0.1) is 0 Å². The van der Waals surface area contributed by atoms with E-state index in [4.69, 9.17) is 11.6 Å². The lowest BCUT2D eigenvalue weighted by Gasteiger charge is -2.07. The van der Waals surface area contributed by atoms with Gasteiger partial charge >= 0.3 is 0 Å². The van der Waals surface area contributed by atoms with Gasteiger partial charge in [0.25, 0.3) is 0 Å². The Labute approximate surface area is 162 Å². The molecule has 0 saturated carbocycles. The van der Waals surface area contributed by atoms with Gasteiger partial charge in [0.2, 0.25) is 5.91 Å². The van der Waals surface area contributed by atoms with Crippen LogP contribution in [0.5, 0.6) is 0 Å². The molecule has 4 nitrogen and oxygen atoms in total. The Morgan fingerprint density at radius 2 is 1.73 bits per heavy atom. The van der Waals surface area contributed by atoms with Crippen LogP contribution >= 0.6 is 23.4 Å². The molecule has 0 atom stereocenters. The summed E-state index contributed by atoms with van der Waals surface area (Å²) in [7, 11) is 0. The molecule has 0 saturated heterocycles. The number of nitrogens with one attached hydrogen (secondary N) is 1. The number of aromatic nitrogens is 2. The lowest BCUT2D eigenvalue weighted by molar-refractivity contribution is -0.113. The number of amides is 1. The minimum Gasteiger partial charge on any atom is -0.325 e. The highest BCUT2D eigenvalue weighted by Crippen LogP contribution is 2.22. The Balaban J connectivity index is 1.66. The van der Waals surface area contributed by atoms with Gasteiger partial charge in [-0.2, -0.15) is 0 Å². The fourth-order valence-electron chi connectivity index (χ4n) is 2.34. The standard InChI is InChI=1S/C20H18ClN3OS/c1-13-3-5-15(6-4-13)18-11-14(2)22-20(24-18)26-12-19(25)23-17-9-7-16(21)8-10-17/h3-11H,12H2,1-2H3,(H,23,25). The van der Waals surface area contributed by atoms with Crippen LogP contribution in [0.25, 0.3) is 11.3 Å². The zero-order valence-corrected chi connectivity index (χ0v) is 16.1. The number of thioether (sulfide) groups is 1. The van der Waals surface area contributed by atoms with E-state index in [-0.39, 0.29) is 11.7 Å². The number of carbonyl (C=O) groups excluding carboxylic acids is 1. The summed E-state index contributed by atoms with van der Waals surface area (Å²) >= 11 is 7.16. The van der Waals surface area contributed by atoms with Gasteiger partial charge in [0.15, 0.2) is 5.16 Å². The average Bonchev–Trinajstić information content (AvgIpc) is 2.62. The van der Waals surface area contributed by atoms with Crippen LogP contribution < -0.4 is 5.32 Å². The molecule has 6 heteroatoms. The first kappa shape index (κ1) is 18.4. The Morgan fingerprint density at radius 3 is 2.42 bits per heavy atom. The zero-order valence-electron chi connectivity index (χ0n) is 14.5. The molecular weight excluding hydrogens is 366 g/mol. The molecule has 0 aliphatic carbocycles. The van der Waals surface area contributed by atoms with Crippen molar-refractivity contribution in [3.8, 4) is 11.3 Å². The van der Waals surface area contributed by atoms with E-state index in [1.165, 1.54) is 17.3 Å². The van der Waals surface area contributed by atoms with E-state index in [1.807, 2.05) is 25.1 Å². The van der Waals surface area contributed by atoms with Crippen LogP contribution in [0.4, 0.5) is 5.69 Å². The van der Waals surface area contributed by atoms with Crippen LogP contribution in [0.1, 0.15) is 11.3 Å². The summed E-state index contributed by atoms with van der Waals surface area (Å²) < 4.78 is 0. The number of rotatable bonds is 5. The van der Waals surface area contributed by atoms with Gasteiger partial charge in [0, 0.05) is 22.0 Å².